The second-order valence-electron chi connectivity index (χ2n) is 4.91. The summed E-state index contributed by atoms with van der Waals surface area (Å²) in [5.74, 6) is 0.453. The summed E-state index contributed by atoms with van der Waals surface area (Å²) in [5.41, 5.74) is 0. The number of aliphatic hydroxyl groups excluding tert-OH is 1. The van der Waals surface area contributed by atoms with Crippen LogP contribution in [0.4, 0.5) is 0 Å². The number of aliphatic hydroxyl groups is 1. The van der Waals surface area contributed by atoms with Gasteiger partial charge in [-0.3, -0.25) is 4.79 Å². The molecular weight excluding hydrogens is 190 g/mol. The fourth-order valence-electron chi connectivity index (χ4n) is 2.25. The van der Waals surface area contributed by atoms with E-state index >= 15 is 0 Å². The summed E-state index contributed by atoms with van der Waals surface area (Å²) in [6.45, 7) is 6.22. The minimum Gasteiger partial charge on any atom is -0.392 e. The average Bonchev–Trinajstić information content (AvgIpc) is 2.65. The number of nitrogens with zero attached hydrogens (tertiary/aromatic N) is 1. The minimum absolute atomic E-state index is 0.188. The molecule has 1 aliphatic rings. The third-order valence-corrected chi connectivity index (χ3v) is 3.07. The Kier molecular flexibility index (Phi) is 4.58. The van der Waals surface area contributed by atoms with Gasteiger partial charge in [0, 0.05) is 18.5 Å². The molecule has 3 nitrogen and oxygen atoms in total. The fourth-order valence-corrected chi connectivity index (χ4v) is 2.25. The normalized spacial score (nSPS) is 19.5. The molecule has 0 unspecified atom stereocenters. The Labute approximate surface area is 92.5 Å². The van der Waals surface area contributed by atoms with Crippen LogP contribution in [0.3, 0.4) is 0 Å². The molecule has 1 saturated carbocycles. The highest BCUT2D eigenvalue weighted by atomic mass is 16.3. The first kappa shape index (κ1) is 12.5. The second kappa shape index (κ2) is 5.50. The van der Waals surface area contributed by atoms with Crippen LogP contribution in [0.2, 0.25) is 0 Å². The molecule has 0 bridgehead atoms. The molecular formula is C12H23NO2. The Balaban J connectivity index is 2.57. The lowest BCUT2D eigenvalue weighted by molar-refractivity contribution is -0.138. The van der Waals surface area contributed by atoms with Crippen molar-refractivity contribution in [2.45, 2.75) is 58.6 Å². The maximum Gasteiger partial charge on any atom is 0.225 e. The highest BCUT2D eigenvalue weighted by Gasteiger charge is 2.28. The fraction of sp³-hybridized carbons (Fsp3) is 0.917. The monoisotopic (exact) mass is 213 g/mol. The van der Waals surface area contributed by atoms with Gasteiger partial charge >= 0.3 is 0 Å². The Hall–Kier alpha value is -0.570. The molecule has 0 saturated heterocycles. The standard InChI is InChI=1S/C12H23NO2/c1-9(2)13(8-10(3)14)12(15)11-6-4-5-7-11/h9-11,14H,4-8H2,1-3H3/t10-/m1/s1. The van der Waals surface area contributed by atoms with Crippen LogP contribution in [-0.4, -0.2) is 34.6 Å². The first-order valence-electron chi connectivity index (χ1n) is 6.01. The van der Waals surface area contributed by atoms with Gasteiger partial charge in [0.05, 0.1) is 6.10 Å². The van der Waals surface area contributed by atoms with Gasteiger partial charge in [-0.05, 0) is 33.6 Å². The van der Waals surface area contributed by atoms with E-state index in [9.17, 15) is 9.90 Å². The molecule has 0 spiro atoms. The molecule has 88 valence electrons. The first-order chi connectivity index (χ1) is 7.02. The number of amides is 1. The predicted octanol–water partition coefficient (Wildman–Crippen LogP) is 1.79. The Morgan fingerprint density at radius 1 is 1.33 bits per heavy atom. The zero-order valence-corrected chi connectivity index (χ0v) is 10.1. The lowest BCUT2D eigenvalue weighted by atomic mass is 10.1. The molecule has 1 fully saturated rings. The van der Waals surface area contributed by atoms with E-state index in [4.69, 9.17) is 0 Å². The molecule has 3 heteroatoms. The number of hydrogen-bond acceptors (Lipinski definition) is 2. The topological polar surface area (TPSA) is 40.5 Å². The van der Waals surface area contributed by atoms with Crippen molar-refractivity contribution in [1.82, 2.24) is 4.90 Å². The Morgan fingerprint density at radius 2 is 1.87 bits per heavy atom. The van der Waals surface area contributed by atoms with Gasteiger partial charge in [0.25, 0.3) is 0 Å². The van der Waals surface area contributed by atoms with E-state index in [0.29, 0.717) is 6.54 Å². The van der Waals surface area contributed by atoms with E-state index in [1.165, 1.54) is 12.8 Å². The summed E-state index contributed by atoms with van der Waals surface area (Å²) in [6, 6.07) is 0.188. The Morgan fingerprint density at radius 3 is 2.27 bits per heavy atom. The molecule has 0 aromatic heterocycles. The molecule has 1 rings (SSSR count). The zero-order chi connectivity index (χ0) is 11.4. The molecule has 1 amide bonds. The van der Waals surface area contributed by atoms with Crippen LogP contribution in [0.1, 0.15) is 46.5 Å². The number of carbonyl (C=O) groups is 1. The van der Waals surface area contributed by atoms with Crippen molar-refractivity contribution in [3.8, 4) is 0 Å². The molecule has 0 aliphatic heterocycles. The molecule has 1 N–H and O–H groups in total. The molecule has 0 heterocycles. The predicted molar refractivity (Wildman–Crippen MR) is 60.5 cm³/mol. The van der Waals surface area contributed by atoms with Crippen LogP contribution < -0.4 is 0 Å². The van der Waals surface area contributed by atoms with Gasteiger partial charge in [0.1, 0.15) is 0 Å². The van der Waals surface area contributed by atoms with E-state index in [2.05, 4.69) is 0 Å². The second-order valence-corrected chi connectivity index (χ2v) is 4.91. The third-order valence-electron chi connectivity index (χ3n) is 3.07. The van der Waals surface area contributed by atoms with Crippen LogP contribution in [-0.2, 0) is 4.79 Å². The van der Waals surface area contributed by atoms with Gasteiger partial charge in [0.15, 0.2) is 0 Å². The van der Waals surface area contributed by atoms with Crippen molar-refractivity contribution < 1.29 is 9.90 Å². The summed E-state index contributed by atoms with van der Waals surface area (Å²) in [4.78, 5) is 14.0. The summed E-state index contributed by atoms with van der Waals surface area (Å²) in [7, 11) is 0. The first-order valence-corrected chi connectivity index (χ1v) is 6.01. The van der Waals surface area contributed by atoms with Crippen molar-refractivity contribution in [2.75, 3.05) is 6.54 Å². The molecule has 0 aromatic carbocycles. The zero-order valence-electron chi connectivity index (χ0n) is 10.1. The van der Waals surface area contributed by atoms with Crippen molar-refractivity contribution in [3.63, 3.8) is 0 Å². The lowest BCUT2D eigenvalue weighted by Crippen LogP contribution is -2.44. The highest BCUT2D eigenvalue weighted by Crippen LogP contribution is 2.27. The maximum absolute atomic E-state index is 12.1. The van der Waals surface area contributed by atoms with Gasteiger partial charge in [-0.15, -0.1) is 0 Å². The van der Waals surface area contributed by atoms with Crippen molar-refractivity contribution >= 4 is 5.91 Å². The summed E-state index contributed by atoms with van der Waals surface area (Å²) in [5, 5.41) is 9.37. The quantitative estimate of drug-likeness (QED) is 0.773. The van der Waals surface area contributed by atoms with E-state index in [-0.39, 0.29) is 17.9 Å². The summed E-state index contributed by atoms with van der Waals surface area (Å²) in [6.07, 6.45) is 3.98. The van der Waals surface area contributed by atoms with Crippen LogP contribution in [0.15, 0.2) is 0 Å². The summed E-state index contributed by atoms with van der Waals surface area (Å²) < 4.78 is 0. The van der Waals surface area contributed by atoms with E-state index in [1.807, 2.05) is 18.7 Å². The van der Waals surface area contributed by atoms with Crippen LogP contribution >= 0.6 is 0 Å². The van der Waals surface area contributed by atoms with Gasteiger partial charge in [0.2, 0.25) is 5.91 Å². The largest absolute Gasteiger partial charge is 0.392 e. The van der Waals surface area contributed by atoms with Crippen LogP contribution in [0, 0.1) is 5.92 Å². The van der Waals surface area contributed by atoms with E-state index < -0.39 is 6.10 Å². The summed E-state index contributed by atoms with van der Waals surface area (Å²) >= 11 is 0. The molecule has 0 radical (unpaired) electrons. The number of hydrogen-bond donors (Lipinski definition) is 1. The third kappa shape index (κ3) is 3.49. The molecule has 1 aliphatic carbocycles. The SMILES string of the molecule is CC(C)N(C[C@@H](C)O)C(=O)C1CCCC1. The van der Waals surface area contributed by atoms with Crippen molar-refractivity contribution in [3.05, 3.63) is 0 Å². The van der Waals surface area contributed by atoms with E-state index in [1.54, 1.807) is 6.92 Å². The molecule has 0 aromatic rings. The smallest absolute Gasteiger partial charge is 0.225 e. The van der Waals surface area contributed by atoms with Gasteiger partial charge in [-0.25, -0.2) is 0 Å². The van der Waals surface area contributed by atoms with Crippen LogP contribution in [0.5, 0.6) is 0 Å². The molecule has 1 atom stereocenters. The number of carbonyl (C=O) groups excluding carboxylic acids is 1. The molecule has 15 heavy (non-hydrogen) atoms. The van der Waals surface area contributed by atoms with E-state index in [0.717, 1.165) is 12.8 Å². The van der Waals surface area contributed by atoms with Gasteiger partial charge in [-0.1, -0.05) is 12.8 Å². The van der Waals surface area contributed by atoms with Gasteiger partial charge < -0.3 is 10.0 Å². The minimum atomic E-state index is -0.433. The number of rotatable bonds is 4. The average molecular weight is 213 g/mol. The maximum atomic E-state index is 12.1. The lowest BCUT2D eigenvalue weighted by Gasteiger charge is -2.30. The van der Waals surface area contributed by atoms with Gasteiger partial charge in [-0.2, -0.15) is 0 Å². The van der Waals surface area contributed by atoms with Crippen LogP contribution in [0.25, 0.3) is 0 Å². The van der Waals surface area contributed by atoms with Crippen molar-refractivity contribution in [2.24, 2.45) is 5.92 Å². The van der Waals surface area contributed by atoms with Crippen molar-refractivity contribution in [1.29, 1.82) is 0 Å². The highest BCUT2D eigenvalue weighted by molar-refractivity contribution is 5.79. The Bertz CT molecular complexity index is 208.